The zero-order valence-electron chi connectivity index (χ0n) is 14.0. The number of nitrogens with zero attached hydrogens (tertiary/aromatic N) is 2. The third-order valence-electron chi connectivity index (χ3n) is 4.06. The third-order valence-corrected chi connectivity index (χ3v) is 6.06. The van der Waals surface area contributed by atoms with Crippen LogP contribution in [-0.4, -0.2) is 48.4 Å². The molecule has 1 amide bonds. The highest BCUT2D eigenvalue weighted by Crippen LogP contribution is 2.15. The molecule has 0 bridgehead atoms. The van der Waals surface area contributed by atoms with E-state index in [1.807, 2.05) is 18.2 Å². The minimum Gasteiger partial charge on any atom is -0.365 e. The summed E-state index contributed by atoms with van der Waals surface area (Å²) in [5.74, 6) is 0.433. The highest BCUT2D eigenvalue weighted by molar-refractivity contribution is 7.91. The van der Waals surface area contributed by atoms with Crippen LogP contribution in [0.3, 0.4) is 0 Å². The van der Waals surface area contributed by atoms with Gasteiger partial charge in [-0.2, -0.15) is 0 Å². The molecule has 0 aliphatic carbocycles. The Bertz CT molecular complexity index is 887. The van der Waals surface area contributed by atoms with Gasteiger partial charge in [-0.3, -0.25) is 4.79 Å². The number of anilines is 1. The van der Waals surface area contributed by atoms with Crippen molar-refractivity contribution < 1.29 is 13.2 Å². The lowest BCUT2D eigenvalue weighted by atomic mass is 10.1. The number of amides is 1. The molecule has 2 aromatic rings. The van der Waals surface area contributed by atoms with Gasteiger partial charge in [-0.25, -0.2) is 18.4 Å². The Labute approximate surface area is 157 Å². The molecule has 2 heterocycles. The first-order valence-corrected chi connectivity index (χ1v) is 10.4. The molecule has 0 spiro atoms. The summed E-state index contributed by atoms with van der Waals surface area (Å²) < 4.78 is 22.9. The zero-order chi connectivity index (χ0) is 18.6. The molecule has 9 heteroatoms. The van der Waals surface area contributed by atoms with E-state index < -0.39 is 9.84 Å². The summed E-state index contributed by atoms with van der Waals surface area (Å²) in [6.45, 7) is 0.459. The molecule has 1 aromatic heterocycles. The summed E-state index contributed by atoms with van der Waals surface area (Å²) in [6.07, 6.45) is 4.03. The molecule has 1 atom stereocenters. The number of benzene rings is 1. The van der Waals surface area contributed by atoms with Crippen molar-refractivity contribution in [1.82, 2.24) is 15.3 Å². The van der Waals surface area contributed by atoms with Gasteiger partial charge in [0, 0.05) is 17.6 Å². The second-order valence-electron chi connectivity index (χ2n) is 6.17. The van der Waals surface area contributed by atoms with Crippen LogP contribution in [0.5, 0.6) is 0 Å². The number of sulfone groups is 1. The van der Waals surface area contributed by atoms with E-state index in [4.69, 9.17) is 11.6 Å². The predicted octanol–water partition coefficient (Wildman–Crippen LogP) is 1.70. The van der Waals surface area contributed by atoms with Crippen LogP contribution < -0.4 is 10.6 Å². The van der Waals surface area contributed by atoms with Gasteiger partial charge in [0.1, 0.15) is 11.5 Å². The van der Waals surface area contributed by atoms with Crippen LogP contribution in [0.4, 0.5) is 5.82 Å². The molecule has 138 valence electrons. The van der Waals surface area contributed by atoms with Crippen LogP contribution in [0.15, 0.2) is 36.7 Å². The average molecular weight is 395 g/mol. The summed E-state index contributed by atoms with van der Waals surface area (Å²) in [6, 6.07) is 7.31. The number of hydrogen-bond donors (Lipinski definition) is 2. The van der Waals surface area contributed by atoms with Crippen molar-refractivity contribution in [3.8, 4) is 0 Å². The van der Waals surface area contributed by atoms with E-state index in [9.17, 15) is 13.2 Å². The van der Waals surface area contributed by atoms with Gasteiger partial charge in [-0.15, -0.1) is 0 Å². The van der Waals surface area contributed by atoms with Gasteiger partial charge in [-0.05, 0) is 30.5 Å². The fourth-order valence-electron chi connectivity index (χ4n) is 2.74. The summed E-state index contributed by atoms with van der Waals surface area (Å²) in [5, 5.41) is 6.49. The zero-order valence-corrected chi connectivity index (χ0v) is 15.6. The van der Waals surface area contributed by atoms with E-state index >= 15 is 0 Å². The normalized spacial score (nSPS) is 18.4. The number of rotatable bonds is 6. The van der Waals surface area contributed by atoms with Gasteiger partial charge in [0.05, 0.1) is 23.9 Å². The number of carbonyl (C=O) groups excluding carboxylic acids is 1. The van der Waals surface area contributed by atoms with Gasteiger partial charge in [-0.1, -0.05) is 23.7 Å². The molecule has 7 nitrogen and oxygen atoms in total. The summed E-state index contributed by atoms with van der Waals surface area (Å²) in [7, 11) is -2.96. The highest BCUT2D eigenvalue weighted by Gasteiger charge is 2.27. The fraction of sp³-hybridized carbons (Fsp3) is 0.353. The second kappa shape index (κ2) is 8.01. The number of halogens is 1. The average Bonchev–Trinajstić information content (AvgIpc) is 2.94. The Morgan fingerprint density at radius 2 is 2.12 bits per heavy atom. The molecule has 1 aromatic carbocycles. The first-order chi connectivity index (χ1) is 12.4. The second-order valence-corrected chi connectivity index (χ2v) is 8.83. The van der Waals surface area contributed by atoms with Crippen molar-refractivity contribution in [3.05, 3.63) is 52.9 Å². The van der Waals surface area contributed by atoms with E-state index in [1.165, 1.54) is 12.4 Å². The van der Waals surface area contributed by atoms with E-state index in [-0.39, 0.29) is 29.1 Å². The van der Waals surface area contributed by atoms with E-state index in [0.29, 0.717) is 30.2 Å². The molecule has 1 unspecified atom stereocenters. The molecule has 1 aliphatic rings. The van der Waals surface area contributed by atoms with E-state index in [2.05, 4.69) is 20.6 Å². The van der Waals surface area contributed by atoms with E-state index in [0.717, 1.165) is 5.56 Å². The van der Waals surface area contributed by atoms with Crippen LogP contribution in [0.1, 0.15) is 22.5 Å². The molecule has 0 radical (unpaired) electrons. The quantitative estimate of drug-likeness (QED) is 0.773. The van der Waals surface area contributed by atoms with Crippen molar-refractivity contribution in [2.75, 3.05) is 23.4 Å². The van der Waals surface area contributed by atoms with Crippen molar-refractivity contribution >= 4 is 33.2 Å². The van der Waals surface area contributed by atoms with Crippen LogP contribution in [0.2, 0.25) is 5.02 Å². The number of aromatic nitrogens is 2. The SMILES string of the molecule is O=C(NCCc1cccc(Cl)c1)c1cnc(NC2CCS(=O)(=O)C2)cn1. The molecule has 1 aliphatic heterocycles. The lowest BCUT2D eigenvalue weighted by Gasteiger charge is -2.11. The van der Waals surface area contributed by atoms with Gasteiger partial charge in [0.15, 0.2) is 9.84 Å². The first-order valence-electron chi connectivity index (χ1n) is 8.23. The number of nitrogens with one attached hydrogen (secondary N) is 2. The Hall–Kier alpha value is -2.19. The maximum atomic E-state index is 12.1. The number of hydrogen-bond acceptors (Lipinski definition) is 6. The standard InChI is InChI=1S/C17H19ClN4O3S/c18-13-3-1-2-12(8-13)4-6-19-17(23)15-9-21-16(10-20-15)22-14-5-7-26(24,25)11-14/h1-3,8-10,14H,4-7,11H2,(H,19,23)(H,21,22). The summed E-state index contributed by atoms with van der Waals surface area (Å²) in [5.41, 5.74) is 1.25. The maximum absolute atomic E-state index is 12.1. The van der Waals surface area contributed by atoms with Gasteiger partial charge in [0.2, 0.25) is 0 Å². The van der Waals surface area contributed by atoms with Crippen molar-refractivity contribution in [2.24, 2.45) is 0 Å². The molecule has 3 rings (SSSR count). The van der Waals surface area contributed by atoms with Gasteiger partial charge in [0.25, 0.3) is 5.91 Å². The van der Waals surface area contributed by atoms with Crippen molar-refractivity contribution in [3.63, 3.8) is 0 Å². The topological polar surface area (TPSA) is 101 Å². The van der Waals surface area contributed by atoms with E-state index in [1.54, 1.807) is 6.07 Å². The van der Waals surface area contributed by atoms with Gasteiger partial charge >= 0.3 is 0 Å². The van der Waals surface area contributed by atoms with Crippen LogP contribution in [-0.2, 0) is 16.3 Å². The largest absolute Gasteiger partial charge is 0.365 e. The summed E-state index contributed by atoms with van der Waals surface area (Å²) in [4.78, 5) is 20.3. The van der Waals surface area contributed by atoms with Crippen LogP contribution >= 0.6 is 11.6 Å². The van der Waals surface area contributed by atoms with Crippen LogP contribution in [0.25, 0.3) is 0 Å². The summed E-state index contributed by atoms with van der Waals surface area (Å²) >= 11 is 5.93. The Morgan fingerprint density at radius 3 is 2.77 bits per heavy atom. The van der Waals surface area contributed by atoms with Crippen molar-refractivity contribution in [2.45, 2.75) is 18.9 Å². The molecule has 26 heavy (non-hydrogen) atoms. The lowest BCUT2D eigenvalue weighted by Crippen LogP contribution is -2.27. The highest BCUT2D eigenvalue weighted by atomic mass is 35.5. The molecule has 2 N–H and O–H groups in total. The monoisotopic (exact) mass is 394 g/mol. The molecule has 1 saturated heterocycles. The Balaban J connectivity index is 1.49. The minimum atomic E-state index is -2.96. The van der Waals surface area contributed by atoms with Crippen LogP contribution in [0, 0.1) is 0 Å². The Kier molecular flexibility index (Phi) is 5.73. The predicted molar refractivity (Wildman–Crippen MR) is 100 cm³/mol. The molecule has 0 saturated carbocycles. The molecular formula is C17H19ClN4O3S. The third kappa shape index (κ3) is 5.15. The lowest BCUT2D eigenvalue weighted by molar-refractivity contribution is 0.0949. The molecular weight excluding hydrogens is 376 g/mol. The van der Waals surface area contributed by atoms with Crippen molar-refractivity contribution in [1.29, 1.82) is 0 Å². The fourth-order valence-corrected chi connectivity index (χ4v) is 4.63. The first kappa shape index (κ1) is 18.6. The smallest absolute Gasteiger partial charge is 0.271 e. The minimum absolute atomic E-state index is 0.0976. The number of carbonyl (C=O) groups is 1. The molecule has 1 fully saturated rings. The van der Waals surface area contributed by atoms with Gasteiger partial charge < -0.3 is 10.6 Å². The Morgan fingerprint density at radius 1 is 1.27 bits per heavy atom. The maximum Gasteiger partial charge on any atom is 0.271 e.